The van der Waals surface area contributed by atoms with Crippen molar-refractivity contribution < 1.29 is 9.59 Å². The molecule has 3 amide bonds. The second kappa shape index (κ2) is 8.82. The van der Waals surface area contributed by atoms with Crippen LogP contribution in [0, 0.1) is 13.8 Å². The van der Waals surface area contributed by atoms with E-state index in [9.17, 15) is 9.59 Å². The molecule has 7 heteroatoms. The summed E-state index contributed by atoms with van der Waals surface area (Å²) in [5, 5.41) is 8.43. The Balaban J connectivity index is 1.56. The van der Waals surface area contributed by atoms with Crippen LogP contribution in [0.4, 0.5) is 10.5 Å². The Labute approximate surface area is 165 Å². The Kier molecular flexibility index (Phi) is 6.23. The van der Waals surface area contributed by atoms with Crippen molar-refractivity contribution in [1.29, 1.82) is 0 Å². The number of carbonyl (C=O) groups excluding carboxylic acids is 2. The van der Waals surface area contributed by atoms with Crippen molar-refractivity contribution >= 4 is 17.6 Å². The largest absolute Gasteiger partial charge is 0.352 e. The minimum atomic E-state index is -0.311. The maximum Gasteiger partial charge on any atom is 0.319 e. The zero-order chi connectivity index (χ0) is 20.1. The zero-order valence-corrected chi connectivity index (χ0v) is 16.7. The standard InChI is InChI=1S/C21H27N5O2/c1-4-22-20(27)15-7-5-9-17(13(15)2)26-21(28)23-12-11-19-24-14(3)16-8-6-10-18(16)25-19/h5,7,9H,4,6,8,10-12H2,1-3H3,(H,22,27)(H2,23,26,28). The van der Waals surface area contributed by atoms with Gasteiger partial charge in [-0.25, -0.2) is 14.8 Å². The summed E-state index contributed by atoms with van der Waals surface area (Å²) < 4.78 is 0. The predicted octanol–water partition coefficient (Wildman–Crippen LogP) is 2.70. The monoisotopic (exact) mass is 381 g/mol. The molecule has 1 aliphatic rings. The summed E-state index contributed by atoms with van der Waals surface area (Å²) in [6.45, 7) is 6.72. The molecule has 3 rings (SSSR count). The van der Waals surface area contributed by atoms with Gasteiger partial charge in [-0.2, -0.15) is 0 Å². The van der Waals surface area contributed by atoms with Crippen LogP contribution in [0.25, 0.3) is 0 Å². The van der Waals surface area contributed by atoms with Crippen LogP contribution in [0.1, 0.15) is 52.0 Å². The Hall–Kier alpha value is -2.96. The van der Waals surface area contributed by atoms with Crippen molar-refractivity contribution in [1.82, 2.24) is 20.6 Å². The molecule has 2 aromatic rings. The maximum absolute atomic E-state index is 12.3. The normalized spacial score (nSPS) is 12.4. The Morgan fingerprint density at radius 3 is 2.71 bits per heavy atom. The van der Waals surface area contributed by atoms with Crippen molar-refractivity contribution in [3.63, 3.8) is 0 Å². The quantitative estimate of drug-likeness (QED) is 0.717. The molecule has 0 saturated heterocycles. The summed E-state index contributed by atoms with van der Waals surface area (Å²) >= 11 is 0. The lowest BCUT2D eigenvalue weighted by atomic mass is 10.1. The number of anilines is 1. The van der Waals surface area contributed by atoms with Crippen LogP contribution in [-0.4, -0.2) is 35.0 Å². The average molecular weight is 381 g/mol. The average Bonchev–Trinajstić information content (AvgIpc) is 3.13. The maximum atomic E-state index is 12.3. The van der Waals surface area contributed by atoms with E-state index >= 15 is 0 Å². The third kappa shape index (κ3) is 4.47. The molecule has 0 bridgehead atoms. The number of aromatic nitrogens is 2. The molecule has 0 atom stereocenters. The SMILES string of the molecule is CCNC(=O)c1cccc(NC(=O)NCCc2nc(C)c3c(n2)CCC3)c1C. The van der Waals surface area contributed by atoms with Gasteiger partial charge in [0.15, 0.2) is 0 Å². The van der Waals surface area contributed by atoms with Gasteiger partial charge < -0.3 is 16.0 Å². The Bertz CT molecular complexity index is 895. The molecule has 1 heterocycles. The van der Waals surface area contributed by atoms with Crippen LogP contribution in [0.5, 0.6) is 0 Å². The molecule has 3 N–H and O–H groups in total. The van der Waals surface area contributed by atoms with Crippen molar-refractivity contribution in [2.24, 2.45) is 0 Å². The molecule has 1 aromatic carbocycles. The highest BCUT2D eigenvalue weighted by atomic mass is 16.2. The summed E-state index contributed by atoms with van der Waals surface area (Å²) in [4.78, 5) is 33.5. The molecule has 0 saturated carbocycles. The first-order valence-corrected chi connectivity index (χ1v) is 9.77. The predicted molar refractivity (Wildman–Crippen MR) is 109 cm³/mol. The van der Waals surface area contributed by atoms with Crippen LogP contribution in [-0.2, 0) is 19.3 Å². The van der Waals surface area contributed by atoms with Crippen LogP contribution in [0.3, 0.4) is 0 Å². The van der Waals surface area contributed by atoms with Crippen molar-refractivity contribution in [2.75, 3.05) is 18.4 Å². The molecule has 0 radical (unpaired) electrons. The second-order valence-electron chi connectivity index (χ2n) is 6.97. The van der Waals surface area contributed by atoms with E-state index < -0.39 is 0 Å². The molecule has 0 fully saturated rings. The zero-order valence-electron chi connectivity index (χ0n) is 16.7. The van der Waals surface area contributed by atoms with E-state index in [-0.39, 0.29) is 11.9 Å². The fraction of sp³-hybridized carbons (Fsp3) is 0.429. The lowest BCUT2D eigenvalue weighted by molar-refractivity contribution is 0.0955. The van der Waals surface area contributed by atoms with E-state index in [1.165, 1.54) is 5.56 Å². The first-order valence-electron chi connectivity index (χ1n) is 9.77. The summed E-state index contributed by atoms with van der Waals surface area (Å²) in [5.41, 5.74) is 5.41. The first kappa shape index (κ1) is 19.8. The summed E-state index contributed by atoms with van der Waals surface area (Å²) in [5.74, 6) is 0.626. The lowest BCUT2D eigenvalue weighted by Crippen LogP contribution is -2.31. The Morgan fingerprint density at radius 2 is 1.93 bits per heavy atom. The highest BCUT2D eigenvalue weighted by Crippen LogP contribution is 2.22. The highest BCUT2D eigenvalue weighted by molar-refractivity contribution is 5.99. The summed E-state index contributed by atoms with van der Waals surface area (Å²) in [6.07, 6.45) is 3.81. The van der Waals surface area contributed by atoms with Gasteiger partial charge in [-0.05, 0) is 63.3 Å². The fourth-order valence-corrected chi connectivity index (χ4v) is 3.52. The van der Waals surface area contributed by atoms with Crippen LogP contribution < -0.4 is 16.0 Å². The molecule has 0 spiro atoms. The molecule has 28 heavy (non-hydrogen) atoms. The summed E-state index contributed by atoms with van der Waals surface area (Å²) in [6, 6.07) is 4.98. The first-order chi connectivity index (χ1) is 13.5. The molecule has 1 aliphatic carbocycles. The molecule has 1 aromatic heterocycles. The number of fused-ring (bicyclic) bond motifs is 1. The van der Waals surface area contributed by atoms with Crippen LogP contribution in [0.2, 0.25) is 0 Å². The molecule has 148 valence electrons. The van der Waals surface area contributed by atoms with Crippen molar-refractivity contribution in [3.8, 4) is 0 Å². The topological polar surface area (TPSA) is 96.0 Å². The van der Waals surface area contributed by atoms with Gasteiger partial charge in [0.25, 0.3) is 5.91 Å². The summed E-state index contributed by atoms with van der Waals surface area (Å²) in [7, 11) is 0. The minimum Gasteiger partial charge on any atom is -0.352 e. The lowest BCUT2D eigenvalue weighted by Gasteiger charge is -2.13. The van der Waals surface area contributed by atoms with Crippen LogP contribution >= 0.6 is 0 Å². The number of hydrogen-bond donors (Lipinski definition) is 3. The van der Waals surface area contributed by atoms with E-state index in [2.05, 4.69) is 25.9 Å². The number of amides is 3. The van der Waals surface area contributed by atoms with Gasteiger partial charge in [0.05, 0.1) is 0 Å². The number of aryl methyl sites for hydroxylation is 2. The van der Waals surface area contributed by atoms with Crippen molar-refractivity contribution in [2.45, 2.75) is 46.5 Å². The third-order valence-electron chi connectivity index (χ3n) is 4.98. The minimum absolute atomic E-state index is 0.145. The molecular formula is C21H27N5O2. The molecule has 0 aliphatic heterocycles. The number of urea groups is 1. The molecule has 7 nitrogen and oxygen atoms in total. The number of nitrogens with one attached hydrogen (secondary N) is 3. The fourth-order valence-electron chi connectivity index (χ4n) is 3.52. The number of hydrogen-bond acceptors (Lipinski definition) is 4. The van der Waals surface area contributed by atoms with E-state index in [0.717, 1.165) is 42.0 Å². The number of rotatable bonds is 6. The number of carbonyl (C=O) groups is 2. The van der Waals surface area contributed by atoms with E-state index in [1.54, 1.807) is 18.2 Å². The number of benzene rings is 1. The van der Waals surface area contributed by atoms with E-state index in [4.69, 9.17) is 0 Å². The third-order valence-corrected chi connectivity index (χ3v) is 4.98. The van der Waals surface area contributed by atoms with E-state index in [1.807, 2.05) is 20.8 Å². The van der Waals surface area contributed by atoms with Gasteiger partial charge in [-0.15, -0.1) is 0 Å². The Morgan fingerprint density at radius 1 is 1.11 bits per heavy atom. The van der Waals surface area contributed by atoms with Crippen molar-refractivity contribution in [3.05, 3.63) is 52.1 Å². The van der Waals surface area contributed by atoms with Gasteiger partial charge in [-0.1, -0.05) is 6.07 Å². The highest BCUT2D eigenvalue weighted by Gasteiger charge is 2.17. The van der Waals surface area contributed by atoms with Gasteiger partial charge in [0.1, 0.15) is 5.82 Å². The smallest absolute Gasteiger partial charge is 0.319 e. The van der Waals surface area contributed by atoms with Gasteiger partial charge in [0, 0.05) is 42.1 Å². The van der Waals surface area contributed by atoms with Crippen LogP contribution in [0.15, 0.2) is 18.2 Å². The van der Waals surface area contributed by atoms with E-state index in [0.29, 0.717) is 30.8 Å². The molecule has 0 unspecified atom stereocenters. The van der Waals surface area contributed by atoms with Gasteiger partial charge in [-0.3, -0.25) is 4.79 Å². The number of nitrogens with zero attached hydrogens (tertiary/aromatic N) is 2. The van der Waals surface area contributed by atoms with Gasteiger partial charge in [0.2, 0.25) is 0 Å². The van der Waals surface area contributed by atoms with Gasteiger partial charge >= 0.3 is 6.03 Å². The molecular weight excluding hydrogens is 354 g/mol. The second-order valence-corrected chi connectivity index (χ2v) is 6.97.